The van der Waals surface area contributed by atoms with E-state index in [9.17, 15) is 9.18 Å². The number of rotatable bonds is 6. The Morgan fingerprint density at radius 1 is 1.30 bits per heavy atom. The molecule has 0 aliphatic heterocycles. The Hall–Kier alpha value is -2.58. The molecule has 27 heavy (non-hydrogen) atoms. The summed E-state index contributed by atoms with van der Waals surface area (Å²) in [5.41, 5.74) is 2.52. The highest BCUT2D eigenvalue weighted by atomic mass is 32.1. The van der Waals surface area contributed by atoms with E-state index in [1.165, 1.54) is 23.5 Å². The first-order valence-electron chi connectivity index (χ1n) is 8.58. The molecule has 0 bridgehead atoms. The minimum Gasteiger partial charge on any atom is -0.347 e. The summed E-state index contributed by atoms with van der Waals surface area (Å²) in [7, 11) is 3.56. The number of nitrogens with one attached hydrogen (secondary N) is 2. The monoisotopic (exact) mass is 387 g/mol. The molecule has 0 saturated carbocycles. The van der Waals surface area contributed by atoms with E-state index >= 15 is 0 Å². The van der Waals surface area contributed by atoms with Gasteiger partial charge >= 0.3 is 0 Å². The van der Waals surface area contributed by atoms with Crippen molar-refractivity contribution >= 4 is 17.2 Å². The van der Waals surface area contributed by atoms with Crippen molar-refractivity contribution in [3.63, 3.8) is 0 Å². The molecule has 0 fully saturated rings. The number of carbonyl (C=O) groups excluding carboxylic acids is 1. The van der Waals surface area contributed by atoms with Gasteiger partial charge in [-0.1, -0.05) is 0 Å². The summed E-state index contributed by atoms with van der Waals surface area (Å²) in [6, 6.07) is 5.58. The van der Waals surface area contributed by atoms with Crippen LogP contribution >= 0.6 is 11.3 Å². The Labute approximate surface area is 161 Å². The van der Waals surface area contributed by atoms with Crippen molar-refractivity contribution < 1.29 is 9.18 Å². The molecule has 0 aliphatic carbocycles. The van der Waals surface area contributed by atoms with Crippen LogP contribution < -0.4 is 10.6 Å². The largest absolute Gasteiger partial charge is 0.347 e. The molecule has 142 valence electrons. The van der Waals surface area contributed by atoms with Gasteiger partial charge in [-0.15, -0.1) is 11.3 Å². The quantitative estimate of drug-likeness (QED) is 0.682. The molecule has 1 amide bonds. The molecule has 0 spiro atoms. The van der Waals surface area contributed by atoms with E-state index in [1.54, 1.807) is 30.1 Å². The van der Waals surface area contributed by atoms with Gasteiger partial charge < -0.3 is 10.6 Å². The first kappa shape index (κ1) is 19.2. The summed E-state index contributed by atoms with van der Waals surface area (Å²) in [6.45, 7) is 3.85. The number of likely N-dealkylation sites (N-methyl/N-ethyl adjacent to an activating group) is 1. The highest BCUT2D eigenvalue weighted by molar-refractivity contribution is 7.15. The van der Waals surface area contributed by atoms with E-state index < -0.39 is 6.04 Å². The van der Waals surface area contributed by atoms with Gasteiger partial charge in [0.15, 0.2) is 0 Å². The van der Waals surface area contributed by atoms with Crippen molar-refractivity contribution in [2.24, 2.45) is 7.05 Å². The zero-order valence-corrected chi connectivity index (χ0v) is 16.5. The molecule has 0 radical (unpaired) electrons. The fourth-order valence-electron chi connectivity index (χ4n) is 2.93. The molecular weight excluding hydrogens is 365 g/mol. The predicted octanol–water partition coefficient (Wildman–Crippen LogP) is 3.13. The van der Waals surface area contributed by atoms with Crippen LogP contribution in [-0.4, -0.2) is 27.7 Å². The third-order valence-corrected chi connectivity index (χ3v) is 5.67. The van der Waals surface area contributed by atoms with Gasteiger partial charge in [0.2, 0.25) is 5.91 Å². The predicted molar refractivity (Wildman–Crippen MR) is 104 cm³/mol. The van der Waals surface area contributed by atoms with Crippen LogP contribution in [0.4, 0.5) is 4.39 Å². The minimum absolute atomic E-state index is 0.130. The van der Waals surface area contributed by atoms with E-state index in [1.807, 2.05) is 27.1 Å². The van der Waals surface area contributed by atoms with Crippen LogP contribution in [0.3, 0.4) is 0 Å². The molecule has 6 nitrogen and oxygen atoms in total. The second-order valence-corrected chi connectivity index (χ2v) is 7.41. The van der Waals surface area contributed by atoms with Crippen molar-refractivity contribution in [3.8, 4) is 10.6 Å². The molecule has 2 aromatic heterocycles. The maximum Gasteiger partial charge on any atom is 0.242 e. The highest BCUT2D eigenvalue weighted by Gasteiger charge is 2.24. The molecule has 3 aromatic rings. The van der Waals surface area contributed by atoms with Gasteiger partial charge in [0.25, 0.3) is 0 Å². The van der Waals surface area contributed by atoms with Crippen LogP contribution in [0.25, 0.3) is 10.6 Å². The van der Waals surface area contributed by atoms with Crippen molar-refractivity contribution in [3.05, 3.63) is 58.6 Å². The zero-order valence-electron chi connectivity index (χ0n) is 15.7. The maximum atomic E-state index is 13.1. The lowest BCUT2D eigenvalue weighted by molar-refractivity contribution is -0.123. The average Bonchev–Trinajstić information content (AvgIpc) is 3.22. The lowest BCUT2D eigenvalue weighted by atomic mass is 10.1. The molecule has 2 atom stereocenters. The van der Waals surface area contributed by atoms with Gasteiger partial charge in [-0.05, 0) is 45.2 Å². The Bertz CT molecular complexity index is 934. The molecule has 2 heterocycles. The summed E-state index contributed by atoms with van der Waals surface area (Å²) in [5, 5.41) is 11.0. The summed E-state index contributed by atoms with van der Waals surface area (Å²) in [5.74, 6) is -0.407. The molecule has 0 saturated heterocycles. The molecule has 3 rings (SSSR count). The number of carbonyl (C=O) groups is 1. The summed E-state index contributed by atoms with van der Waals surface area (Å²) < 4.78 is 14.8. The molecule has 1 aromatic carbocycles. The molecule has 2 N–H and O–H groups in total. The smallest absolute Gasteiger partial charge is 0.242 e. The number of benzene rings is 1. The van der Waals surface area contributed by atoms with Crippen molar-refractivity contribution in [1.82, 2.24) is 25.4 Å². The minimum atomic E-state index is -0.481. The van der Waals surface area contributed by atoms with Crippen LogP contribution in [0.5, 0.6) is 0 Å². The number of amides is 1. The average molecular weight is 387 g/mol. The number of hydrogen-bond donors (Lipinski definition) is 2. The SMILES string of the molecule is CNC(C(=O)NC(C)c1sc(-c2ccc(F)cc2)nc1C)c1cnn(C)c1. The lowest BCUT2D eigenvalue weighted by Gasteiger charge is -2.18. The zero-order chi connectivity index (χ0) is 19.6. The van der Waals surface area contributed by atoms with Gasteiger partial charge in [-0.3, -0.25) is 9.48 Å². The highest BCUT2D eigenvalue weighted by Crippen LogP contribution is 2.32. The first-order valence-corrected chi connectivity index (χ1v) is 9.40. The Morgan fingerprint density at radius 3 is 2.59 bits per heavy atom. The summed E-state index contributed by atoms with van der Waals surface area (Å²) in [4.78, 5) is 18.3. The van der Waals surface area contributed by atoms with Gasteiger partial charge in [-0.25, -0.2) is 9.37 Å². The Morgan fingerprint density at radius 2 is 2.00 bits per heavy atom. The first-order chi connectivity index (χ1) is 12.9. The second-order valence-electron chi connectivity index (χ2n) is 6.37. The molecule has 0 aliphatic rings. The van der Waals surface area contributed by atoms with Gasteiger partial charge in [0.05, 0.1) is 22.8 Å². The van der Waals surface area contributed by atoms with E-state index in [4.69, 9.17) is 0 Å². The van der Waals surface area contributed by atoms with E-state index in [0.717, 1.165) is 26.7 Å². The second kappa shape index (κ2) is 7.98. The van der Waals surface area contributed by atoms with Crippen LogP contribution in [0, 0.1) is 12.7 Å². The topological polar surface area (TPSA) is 71.8 Å². The Kier molecular flexibility index (Phi) is 5.67. The van der Waals surface area contributed by atoms with E-state index in [0.29, 0.717) is 0 Å². The van der Waals surface area contributed by atoms with Crippen LogP contribution in [0.15, 0.2) is 36.7 Å². The van der Waals surface area contributed by atoms with Crippen LogP contribution in [0.1, 0.15) is 35.1 Å². The van der Waals surface area contributed by atoms with Crippen LogP contribution in [0.2, 0.25) is 0 Å². The lowest BCUT2D eigenvalue weighted by Crippen LogP contribution is -2.37. The molecule has 8 heteroatoms. The van der Waals surface area contributed by atoms with Crippen molar-refractivity contribution in [2.75, 3.05) is 7.05 Å². The number of hydrogen-bond acceptors (Lipinski definition) is 5. The van der Waals surface area contributed by atoms with Crippen LogP contribution in [-0.2, 0) is 11.8 Å². The Balaban J connectivity index is 1.76. The summed E-state index contributed by atoms with van der Waals surface area (Å²) >= 11 is 1.50. The summed E-state index contributed by atoms with van der Waals surface area (Å²) in [6.07, 6.45) is 3.49. The maximum absolute atomic E-state index is 13.1. The number of halogens is 1. The van der Waals surface area contributed by atoms with Gasteiger partial charge in [0.1, 0.15) is 16.9 Å². The van der Waals surface area contributed by atoms with Crippen molar-refractivity contribution in [1.29, 1.82) is 0 Å². The third-order valence-electron chi connectivity index (χ3n) is 4.28. The standard InChI is InChI=1S/C19H22FN5OS/c1-11(23-18(26)16(21-3)14-9-22-25(4)10-14)17-12(2)24-19(27-17)13-5-7-15(20)8-6-13/h5-11,16,21H,1-4H3,(H,23,26). The van der Waals surface area contributed by atoms with E-state index in [2.05, 4.69) is 20.7 Å². The normalized spacial score (nSPS) is 13.4. The fraction of sp³-hybridized carbons (Fsp3) is 0.316. The fourth-order valence-corrected chi connectivity index (χ4v) is 4.00. The van der Waals surface area contributed by atoms with E-state index in [-0.39, 0.29) is 17.8 Å². The molecular formula is C19H22FN5OS. The number of thiazole rings is 1. The number of aryl methyl sites for hydroxylation is 2. The number of nitrogens with zero attached hydrogens (tertiary/aromatic N) is 3. The number of aromatic nitrogens is 3. The molecule has 2 unspecified atom stereocenters. The van der Waals surface area contributed by atoms with Gasteiger partial charge in [-0.2, -0.15) is 5.10 Å². The van der Waals surface area contributed by atoms with Gasteiger partial charge in [0, 0.05) is 24.4 Å². The third kappa shape index (κ3) is 4.23. The van der Waals surface area contributed by atoms with Crippen molar-refractivity contribution in [2.45, 2.75) is 25.9 Å².